The van der Waals surface area contributed by atoms with E-state index in [0.717, 1.165) is 40.8 Å². The molecule has 1 heterocycles. The van der Waals surface area contributed by atoms with Crippen molar-refractivity contribution in [2.75, 3.05) is 34.4 Å². The molecule has 146 valence electrons. The van der Waals surface area contributed by atoms with Gasteiger partial charge in [-0.3, -0.25) is 4.99 Å². The summed E-state index contributed by atoms with van der Waals surface area (Å²) < 4.78 is 16.2. The lowest BCUT2D eigenvalue weighted by molar-refractivity contribution is 0.353. The van der Waals surface area contributed by atoms with Crippen LogP contribution in [0.25, 0.3) is 0 Å². The van der Waals surface area contributed by atoms with Crippen molar-refractivity contribution in [3.63, 3.8) is 0 Å². The molecule has 2 rings (SSSR count). The fourth-order valence-corrected chi connectivity index (χ4v) is 2.73. The van der Waals surface area contributed by atoms with Crippen LogP contribution in [0, 0.1) is 6.92 Å². The van der Waals surface area contributed by atoms with E-state index in [2.05, 4.69) is 23.7 Å². The number of guanidine groups is 1. The molecule has 0 amide bonds. The van der Waals surface area contributed by atoms with Crippen LogP contribution in [0.1, 0.15) is 16.9 Å². The largest absolute Gasteiger partial charge is 0.493 e. The van der Waals surface area contributed by atoms with Gasteiger partial charge in [0.25, 0.3) is 0 Å². The number of nitrogens with zero attached hydrogens (tertiary/aromatic N) is 2. The van der Waals surface area contributed by atoms with Gasteiger partial charge in [-0.25, -0.2) is 0 Å². The predicted molar refractivity (Wildman–Crippen MR) is 109 cm³/mol. The molecule has 0 aliphatic heterocycles. The van der Waals surface area contributed by atoms with Gasteiger partial charge in [0.1, 0.15) is 5.76 Å². The molecule has 0 unspecified atom stereocenters. The van der Waals surface area contributed by atoms with Crippen LogP contribution in [-0.2, 0) is 13.0 Å². The highest BCUT2D eigenvalue weighted by atomic mass is 16.5. The van der Waals surface area contributed by atoms with E-state index in [1.54, 1.807) is 20.5 Å². The standard InChI is InChI=1S/C21H29N3O3/c1-6-10-22-21(23-11-9-18-8-7-12-27-18)24(3)15-17-14-20(26-5)19(25-4)13-16(17)2/h6-8,12-14H,1,9-11,15H2,2-5H3,(H,22,23). The lowest BCUT2D eigenvalue weighted by Crippen LogP contribution is -2.39. The Morgan fingerprint density at radius 2 is 2.04 bits per heavy atom. The van der Waals surface area contributed by atoms with Gasteiger partial charge in [0, 0.05) is 33.1 Å². The van der Waals surface area contributed by atoms with Crippen molar-refractivity contribution in [3.8, 4) is 11.5 Å². The second kappa shape index (κ2) is 10.3. The Hall–Kier alpha value is -2.89. The van der Waals surface area contributed by atoms with Crippen LogP contribution < -0.4 is 14.8 Å². The van der Waals surface area contributed by atoms with Gasteiger partial charge < -0.3 is 24.1 Å². The quantitative estimate of drug-likeness (QED) is 0.416. The van der Waals surface area contributed by atoms with E-state index in [1.807, 2.05) is 37.4 Å². The maximum absolute atomic E-state index is 5.43. The summed E-state index contributed by atoms with van der Waals surface area (Å²) in [5, 5.41) is 3.31. The Labute approximate surface area is 161 Å². The molecule has 1 aromatic heterocycles. The van der Waals surface area contributed by atoms with E-state index in [1.165, 1.54) is 0 Å². The van der Waals surface area contributed by atoms with Gasteiger partial charge >= 0.3 is 0 Å². The predicted octanol–water partition coefficient (Wildman–Crippen LogP) is 3.41. The number of methoxy groups -OCH3 is 2. The molecular weight excluding hydrogens is 342 g/mol. The summed E-state index contributed by atoms with van der Waals surface area (Å²) in [6.45, 7) is 7.82. The lowest BCUT2D eigenvalue weighted by Gasteiger charge is -2.23. The first-order valence-electron chi connectivity index (χ1n) is 8.93. The summed E-state index contributed by atoms with van der Waals surface area (Å²) in [7, 11) is 5.30. The summed E-state index contributed by atoms with van der Waals surface area (Å²) in [5.41, 5.74) is 2.28. The monoisotopic (exact) mass is 371 g/mol. The third-order valence-corrected chi connectivity index (χ3v) is 4.22. The van der Waals surface area contributed by atoms with Crippen LogP contribution >= 0.6 is 0 Å². The minimum Gasteiger partial charge on any atom is -0.493 e. The van der Waals surface area contributed by atoms with Crippen molar-refractivity contribution < 1.29 is 13.9 Å². The molecule has 1 aromatic carbocycles. The Morgan fingerprint density at radius 3 is 2.67 bits per heavy atom. The minimum absolute atomic E-state index is 0.641. The van der Waals surface area contributed by atoms with Crippen molar-refractivity contribution >= 4 is 5.96 Å². The van der Waals surface area contributed by atoms with Crippen LogP contribution in [0.5, 0.6) is 11.5 Å². The van der Waals surface area contributed by atoms with E-state index in [4.69, 9.17) is 18.9 Å². The zero-order valence-corrected chi connectivity index (χ0v) is 16.6. The van der Waals surface area contributed by atoms with Gasteiger partial charge in [-0.1, -0.05) is 6.08 Å². The third-order valence-electron chi connectivity index (χ3n) is 4.22. The molecule has 0 saturated carbocycles. The topological polar surface area (TPSA) is 59.2 Å². The van der Waals surface area contributed by atoms with Gasteiger partial charge in [0.15, 0.2) is 17.5 Å². The number of hydrogen-bond donors (Lipinski definition) is 1. The normalized spacial score (nSPS) is 11.2. The molecule has 0 saturated heterocycles. The van der Waals surface area contributed by atoms with Crippen molar-refractivity contribution in [2.45, 2.75) is 19.9 Å². The summed E-state index contributed by atoms with van der Waals surface area (Å²) in [5.74, 6) is 3.20. The number of aliphatic imine (C=N–C) groups is 1. The molecule has 0 atom stereocenters. The molecule has 1 N–H and O–H groups in total. The highest BCUT2D eigenvalue weighted by Crippen LogP contribution is 2.30. The number of aryl methyl sites for hydroxylation is 1. The van der Waals surface area contributed by atoms with Crippen LogP contribution in [0.4, 0.5) is 0 Å². The van der Waals surface area contributed by atoms with Crippen LogP contribution in [0.3, 0.4) is 0 Å². The molecule has 6 heteroatoms. The van der Waals surface area contributed by atoms with E-state index < -0.39 is 0 Å². The van der Waals surface area contributed by atoms with Crippen LogP contribution in [-0.4, -0.2) is 45.2 Å². The van der Waals surface area contributed by atoms with E-state index in [-0.39, 0.29) is 0 Å². The van der Waals surface area contributed by atoms with Crippen molar-refractivity contribution in [3.05, 3.63) is 60.1 Å². The second-order valence-corrected chi connectivity index (χ2v) is 6.19. The lowest BCUT2D eigenvalue weighted by atomic mass is 10.1. The zero-order chi connectivity index (χ0) is 19.6. The smallest absolute Gasteiger partial charge is 0.194 e. The SMILES string of the molecule is C=CCNC(=NCCc1ccco1)N(C)Cc1cc(OC)c(OC)cc1C. The number of nitrogens with one attached hydrogen (secondary N) is 1. The number of rotatable bonds is 9. The first-order valence-corrected chi connectivity index (χ1v) is 8.93. The van der Waals surface area contributed by atoms with Gasteiger partial charge in [-0.05, 0) is 42.3 Å². The molecule has 0 radical (unpaired) electrons. The van der Waals surface area contributed by atoms with E-state index >= 15 is 0 Å². The maximum atomic E-state index is 5.43. The van der Waals surface area contributed by atoms with E-state index in [0.29, 0.717) is 19.6 Å². The Kier molecular flexibility index (Phi) is 7.79. The number of furan rings is 1. The van der Waals surface area contributed by atoms with E-state index in [9.17, 15) is 0 Å². The maximum Gasteiger partial charge on any atom is 0.194 e. The second-order valence-electron chi connectivity index (χ2n) is 6.19. The average Bonchev–Trinajstić information content (AvgIpc) is 3.19. The summed E-state index contributed by atoms with van der Waals surface area (Å²) >= 11 is 0. The Bertz CT molecular complexity index is 754. The third kappa shape index (κ3) is 5.81. The number of benzene rings is 1. The van der Waals surface area contributed by atoms with Crippen molar-refractivity contribution in [1.29, 1.82) is 0 Å². The molecule has 27 heavy (non-hydrogen) atoms. The molecule has 0 aliphatic rings. The summed E-state index contributed by atoms with van der Waals surface area (Å²) in [4.78, 5) is 6.79. The first kappa shape index (κ1) is 20.4. The van der Waals surface area contributed by atoms with Gasteiger partial charge in [0.2, 0.25) is 0 Å². The number of ether oxygens (including phenoxy) is 2. The fraction of sp³-hybridized carbons (Fsp3) is 0.381. The molecule has 0 aliphatic carbocycles. The summed E-state index contributed by atoms with van der Waals surface area (Å²) in [6.07, 6.45) is 4.26. The highest BCUT2D eigenvalue weighted by Gasteiger charge is 2.12. The van der Waals surface area contributed by atoms with Crippen molar-refractivity contribution in [2.24, 2.45) is 4.99 Å². The Balaban J connectivity index is 2.12. The van der Waals surface area contributed by atoms with Gasteiger partial charge in [0.05, 0.1) is 20.5 Å². The number of hydrogen-bond acceptors (Lipinski definition) is 4. The molecule has 0 fully saturated rings. The molecule has 0 bridgehead atoms. The zero-order valence-electron chi connectivity index (χ0n) is 16.6. The highest BCUT2D eigenvalue weighted by molar-refractivity contribution is 5.80. The van der Waals surface area contributed by atoms with Gasteiger partial charge in [-0.2, -0.15) is 0 Å². The van der Waals surface area contributed by atoms with Crippen LogP contribution in [0.15, 0.2) is 52.6 Å². The van der Waals surface area contributed by atoms with Crippen LogP contribution in [0.2, 0.25) is 0 Å². The molecular formula is C21H29N3O3. The van der Waals surface area contributed by atoms with Crippen molar-refractivity contribution in [1.82, 2.24) is 10.2 Å². The Morgan fingerprint density at radius 1 is 1.30 bits per heavy atom. The first-order chi connectivity index (χ1) is 13.1. The van der Waals surface area contributed by atoms with Gasteiger partial charge in [-0.15, -0.1) is 6.58 Å². The fourth-order valence-electron chi connectivity index (χ4n) is 2.73. The molecule has 6 nitrogen and oxygen atoms in total. The average molecular weight is 371 g/mol. The minimum atomic E-state index is 0.641. The molecule has 0 spiro atoms. The molecule has 2 aromatic rings. The summed E-state index contributed by atoms with van der Waals surface area (Å²) in [6, 6.07) is 7.86.